The van der Waals surface area contributed by atoms with Crippen molar-refractivity contribution in [2.45, 2.75) is 26.2 Å². The number of aromatic amines is 1. The average Bonchev–Trinajstić information content (AvgIpc) is 2.91. The molecule has 1 saturated heterocycles. The molecule has 0 saturated carbocycles. The Bertz CT molecular complexity index is 639. The Morgan fingerprint density at radius 2 is 2.21 bits per heavy atom. The van der Waals surface area contributed by atoms with Gasteiger partial charge in [-0.1, -0.05) is 6.07 Å². The van der Waals surface area contributed by atoms with E-state index in [1.807, 2.05) is 19.1 Å². The highest BCUT2D eigenvalue weighted by Gasteiger charge is 2.13. The van der Waals surface area contributed by atoms with E-state index >= 15 is 0 Å². The molecule has 3 heteroatoms. The third-order valence-electron chi connectivity index (χ3n) is 4.10. The average molecular weight is 256 g/mol. The second kappa shape index (κ2) is 5.17. The summed E-state index contributed by atoms with van der Waals surface area (Å²) in [5.74, 6) is 0.827. The smallest absolute Gasteiger partial charge is 0.251 e. The molecule has 2 N–H and O–H groups in total. The fourth-order valence-electron chi connectivity index (χ4n) is 2.85. The zero-order chi connectivity index (χ0) is 13.2. The zero-order valence-corrected chi connectivity index (χ0v) is 11.3. The van der Waals surface area contributed by atoms with Crippen LogP contribution in [0.3, 0.4) is 0 Å². The summed E-state index contributed by atoms with van der Waals surface area (Å²) in [6.45, 7) is 4.19. The molecule has 100 valence electrons. The molecule has 19 heavy (non-hydrogen) atoms. The molecule has 1 aliphatic heterocycles. The zero-order valence-electron chi connectivity index (χ0n) is 11.3. The van der Waals surface area contributed by atoms with Crippen LogP contribution in [0.1, 0.15) is 24.0 Å². The van der Waals surface area contributed by atoms with Crippen molar-refractivity contribution in [3.8, 4) is 0 Å². The minimum Gasteiger partial charge on any atom is -0.322 e. The maximum atomic E-state index is 11.6. The van der Waals surface area contributed by atoms with Crippen LogP contribution in [0.25, 0.3) is 10.9 Å². The molecular weight excluding hydrogens is 236 g/mol. The lowest BCUT2D eigenvalue weighted by Gasteiger charge is -2.09. The van der Waals surface area contributed by atoms with Gasteiger partial charge in [0.25, 0.3) is 5.56 Å². The first-order valence-corrected chi connectivity index (χ1v) is 7.05. The van der Waals surface area contributed by atoms with Crippen LogP contribution < -0.4 is 10.9 Å². The number of benzene rings is 1. The number of H-pyrrole nitrogens is 1. The van der Waals surface area contributed by atoms with Gasteiger partial charge in [0.2, 0.25) is 0 Å². The molecular formula is C16H20N2O. The Morgan fingerprint density at radius 1 is 1.32 bits per heavy atom. The molecule has 2 heterocycles. The fourth-order valence-corrected chi connectivity index (χ4v) is 2.85. The van der Waals surface area contributed by atoms with Crippen LogP contribution in [0, 0.1) is 12.8 Å². The normalized spacial score (nSPS) is 19.1. The number of hydrogen-bond acceptors (Lipinski definition) is 2. The van der Waals surface area contributed by atoms with Crippen molar-refractivity contribution in [1.29, 1.82) is 0 Å². The maximum Gasteiger partial charge on any atom is 0.251 e. The number of aromatic nitrogens is 1. The highest BCUT2D eigenvalue weighted by atomic mass is 16.1. The molecule has 0 radical (unpaired) electrons. The van der Waals surface area contributed by atoms with Crippen LogP contribution >= 0.6 is 0 Å². The molecule has 1 fully saturated rings. The predicted octanol–water partition coefficient (Wildman–Crippen LogP) is 2.38. The third-order valence-corrected chi connectivity index (χ3v) is 4.10. The van der Waals surface area contributed by atoms with E-state index in [1.165, 1.54) is 31.5 Å². The Labute approximate surface area is 113 Å². The van der Waals surface area contributed by atoms with Gasteiger partial charge < -0.3 is 10.3 Å². The predicted molar refractivity (Wildman–Crippen MR) is 78.6 cm³/mol. The van der Waals surface area contributed by atoms with Gasteiger partial charge in [-0.3, -0.25) is 4.79 Å². The Morgan fingerprint density at radius 3 is 3.00 bits per heavy atom. The summed E-state index contributed by atoms with van der Waals surface area (Å²) in [4.78, 5) is 14.5. The molecule has 3 rings (SSSR count). The van der Waals surface area contributed by atoms with Gasteiger partial charge in [0.15, 0.2) is 0 Å². The summed E-state index contributed by atoms with van der Waals surface area (Å²) >= 11 is 0. The van der Waals surface area contributed by atoms with Crippen molar-refractivity contribution >= 4 is 10.9 Å². The number of aryl methyl sites for hydroxylation is 2. The van der Waals surface area contributed by atoms with Crippen LogP contribution in [0.2, 0.25) is 0 Å². The van der Waals surface area contributed by atoms with E-state index in [0.717, 1.165) is 28.8 Å². The van der Waals surface area contributed by atoms with Crippen LogP contribution in [-0.4, -0.2) is 18.1 Å². The van der Waals surface area contributed by atoms with E-state index in [4.69, 9.17) is 0 Å². The number of fused-ring (bicyclic) bond motifs is 1. The fraction of sp³-hybridized carbons (Fsp3) is 0.438. The van der Waals surface area contributed by atoms with E-state index in [2.05, 4.69) is 22.4 Å². The molecule has 0 bridgehead atoms. The summed E-state index contributed by atoms with van der Waals surface area (Å²) in [6.07, 6.45) is 3.68. The second-order valence-corrected chi connectivity index (χ2v) is 5.60. The molecule has 2 aromatic rings. The van der Waals surface area contributed by atoms with Crippen molar-refractivity contribution in [2.75, 3.05) is 13.1 Å². The molecule has 3 nitrogen and oxygen atoms in total. The largest absolute Gasteiger partial charge is 0.322 e. The van der Waals surface area contributed by atoms with E-state index in [9.17, 15) is 4.79 Å². The minimum absolute atomic E-state index is 0.0114. The van der Waals surface area contributed by atoms with Crippen molar-refractivity contribution < 1.29 is 0 Å². The molecule has 0 aliphatic carbocycles. The SMILES string of the molecule is Cc1cc2cc(CCC3CCNC3)ccc2[nH]c1=O. The molecule has 0 amide bonds. The lowest BCUT2D eigenvalue weighted by Crippen LogP contribution is -2.10. The van der Waals surface area contributed by atoms with Gasteiger partial charge in [-0.2, -0.15) is 0 Å². The van der Waals surface area contributed by atoms with E-state index in [0.29, 0.717) is 0 Å². The number of hydrogen-bond donors (Lipinski definition) is 2. The summed E-state index contributed by atoms with van der Waals surface area (Å²) in [7, 11) is 0. The number of pyridine rings is 1. The van der Waals surface area contributed by atoms with E-state index in [-0.39, 0.29) is 5.56 Å². The quantitative estimate of drug-likeness (QED) is 0.885. The van der Waals surface area contributed by atoms with Gasteiger partial charge in [-0.05, 0) is 74.3 Å². The molecule has 1 unspecified atom stereocenters. The molecule has 1 atom stereocenters. The number of rotatable bonds is 3. The van der Waals surface area contributed by atoms with Gasteiger partial charge in [-0.15, -0.1) is 0 Å². The van der Waals surface area contributed by atoms with E-state index in [1.54, 1.807) is 0 Å². The van der Waals surface area contributed by atoms with Gasteiger partial charge in [0, 0.05) is 11.1 Å². The monoisotopic (exact) mass is 256 g/mol. The van der Waals surface area contributed by atoms with Crippen LogP contribution in [0.4, 0.5) is 0 Å². The molecule has 1 aromatic carbocycles. The van der Waals surface area contributed by atoms with Crippen LogP contribution in [0.5, 0.6) is 0 Å². The third kappa shape index (κ3) is 2.71. The minimum atomic E-state index is 0.0114. The highest BCUT2D eigenvalue weighted by Crippen LogP contribution is 2.19. The molecule has 1 aliphatic rings. The Kier molecular flexibility index (Phi) is 3.38. The first kappa shape index (κ1) is 12.4. The topological polar surface area (TPSA) is 44.9 Å². The summed E-state index contributed by atoms with van der Waals surface area (Å²) < 4.78 is 0. The Hall–Kier alpha value is -1.61. The maximum absolute atomic E-state index is 11.6. The number of nitrogens with one attached hydrogen (secondary N) is 2. The van der Waals surface area contributed by atoms with Crippen molar-refractivity contribution in [2.24, 2.45) is 5.92 Å². The Balaban J connectivity index is 1.80. The van der Waals surface area contributed by atoms with Crippen molar-refractivity contribution in [1.82, 2.24) is 10.3 Å². The van der Waals surface area contributed by atoms with Crippen LogP contribution in [0.15, 0.2) is 29.1 Å². The second-order valence-electron chi connectivity index (χ2n) is 5.60. The van der Waals surface area contributed by atoms with E-state index < -0.39 is 0 Å². The van der Waals surface area contributed by atoms with Gasteiger partial charge in [-0.25, -0.2) is 0 Å². The van der Waals surface area contributed by atoms with Gasteiger partial charge >= 0.3 is 0 Å². The lowest BCUT2D eigenvalue weighted by molar-refractivity contribution is 0.533. The van der Waals surface area contributed by atoms with Crippen molar-refractivity contribution in [3.63, 3.8) is 0 Å². The first-order chi connectivity index (χ1) is 9.22. The summed E-state index contributed by atoms with van der Waals surface area (Å²) in [6, 6.07) is 8.35. The van der Waals surface area contributed by atoms with Gasteiger partial charge in [0.05, 0.1) is 0 Å². The van der Waals surface area contributed by atoms with Crippen molar-refractivity contribution in [3.05, 3.63) is 45.7 Å². The lowest BCUT2D eigenvalue weighted by atomic mass is 9.98. The summed E-state index contributed by atoms with van der Waals surface area (Å²) in [5.41, 5.74) is 3.09. The molecule has 0 spiro atoms. The summed E-state index contributed by atoms with van der Waals surface area (Å²) in [5, 5.41) is 4.55. The van der Waals surface area contributed by atoms with Gasteiger partial charge in [0.1, 0.15) is 0 Å². The first-order valence-electron chi connectivity index (χ1n) is 7.05. The standard InChI is InChI=1S/C16H20N2O/c1-11-8-14-9-12(2-3-13-6-7-17-10-13)4-5-15(14)18-16(11)19/h4-5,8-9,13,17H,2-3,6-7,10H2,1H3,(H,18,19). The highest BCUT2D eigenvalue weighted by molar-refractivity contribution is 5.79. The molecule has 1 aromatic heterocycles. The van der Waals surface area contributed by atoms with Crippen LogP contribution in [-0.2, 0) is 6.42 Å².